The summed E-state index contributed by atoms with van der Waals surface area (Å²) in [4.78, 5) is 8.30. The molecular formula is C19H13ClF3N3O. The highest BCUT2D eigenvalue weighted by Gasteiger charge is 2.31. The van der Waals surface area contributed by atoms with Crippen molar-refractivity contribution in [1.82, 2.24) is 14.5 Å². The molecule has 138 valence electrons. The van der Waals surface area contributed by atoms with Crippen LogP contribution < -0.4 is 4.74 Å². The van der Waals surface area contributed by atoms with Crippen LogP contribution in [0.5, 0.6) is 5.75 Å². The zero-order valence-corrected chi connectivity index (χ0v) is 15.1. The van der Waals surface area contributed by atoms with Gasteiger partial charge in [0.15, 0.2) is 0 Å². The van der Waals surface area contributed by atoms with E-state index in [-0.39, 0.29) is 5.75 Å². The summed E-state index contributed by atoms with van der Waals surface area (Å²) < 4.78 is 43.1. The molecule has 2 aromatic heterocycles. The number of halogens is 4. The maximum absolute atomic E-state index is 12.5. The molecule has 0 N–H and O–H groups in total. The van der Waals surface area contributed by atoms with E-state index in [1.54, 1.807) is 42.8 Å². The second-order valence-corrected chi connectivity index (χ2v) is 5.98. The van der Waals surface area contributed by atoms with Gasteiger partial charge in [0.25, 0.3) is 0 Å². The van der Waals surface area contributed by atoms with Crippen molar-refractivity contribution in [3.05, 3.63) is 70.5 Å². The number of ether oxygens (including phenoxy) is 1. The lowest BCUT2D eigenvalue weighted by atomic mass is 10.2. The van der Waals surface area contributed by atoms with Crippen LogP contribution in [0.2, 0.25) is 5.15 Å². The lowest BCUT2D eigenvalue weighted by Gasteiger charge is -2.12. The van der Waals surface area contributed by atoms with Crippen molar-refractivity contribution in [3.63, 3.8) is 0 Å². The summed E-state index contributed by atoms with van der Waals surface area (Å²) >= 11 is 5.84. The standard InChI is InChI=1S/C19H13ClF3N3O/c1-12-17(7-6-14-8-9-24-18(20)10-14)25-13(2)26(12)15-4-3-5-16(11-15)27-19(21,22)23/h3-5,8-11H,1-2H3. The third-order valence-corrected chi connectivity index (χ3v) is 3.84. The van der Waals surface area contributed by atoms with Gasteiger partial charge in [0.05, 0.1) is 11.4 Å². The number of hydrogen-bond acceptors (Lipinski definition) is 3. The molecular weight excluding hydrogens is 379 g/mol. The molecule has 0 unspecified atom stereocenters. The van der Waals surface area contributed by atoms with E-state index in [9.17, 15) is 13.2 Å². The largest absolute Gasteiger partial charge is 0.573 e. The third-order valence-electron chi connectivity index (χ3n) is 3.64. The van der Waals surface area contributed by atoms with Crippen molar-refractivity contribution >= 4 is 11.6 Å². The molecule has 27 heavy (non-hydrogen) atoms. The monoisotopic (exact) mass is 391 g/mol. The van der Waals surface area contributed by atoms with Crippen molar-refractivity contribution in [1.29, 1.82) is 0 Å². The number of nitrogens with zero attached hydrogens (tertiary/aromatic N) is 3. The van der Waals surface area contributed by atoms with Crippen LogP contribution in [0.1, 0.15) is 22.8 Å². The molecule has 0 amide bonds. The number of hydrogen-bond donors (Lipinski definition) is 0. The van der Waals surface area contributed by atoms with Crippen molar-refractivity contribution in [2.24, 2.45) is 0 Å². The molecule has 3 aromatic rings. The first-order chi connectivity index (χ1) is 12.7. The minimum Gasteiger partial charge on any atom is -0.406 e. The van der Waals surface area contributed by atoms with Gasteiger partial charge >= 0.3 is 6.36 Å². The third kappa shape index (κ3) is 4.60. The Morgan fingerprint density at radius 1 is 1.11 bits per heavy atom. The summed E-state index contributed by atoms with van der Waals surface area (Å²) in [5.74, 6) is 6.21. The Bertz CT molecular complexity index is 1050. The fourth-order valence-corrected chi connectivity index (χ4v) is 2.75. The molecule has 0 aliphatic heterocycles. The Labute approximate surface area is 158 Å². The Morgan fingerprint density at radius 2 is 1.89 bits per heavy atom. The Kier molecular flexibility index (Phi) is 5.10. The molecule has 1 aromatic carbocycles. The smallest absolute Gasteiger partial charge is 0.406 e. The quantitative estimate of drug-likeness (QED) is 0.464. The number of imidazole rings is 1. The van der Waals surface area contributed by atoms with Crippen molar-refractivity contribution < 1.29 is 17.9 Å². The van der Waals surface area contributed by atoms with Crippen LogP contribution in [-0.4, -0.2) is 20.9 Å². The highest BCUT2D eigenvalue weighted by Crippen LogP contribution is 2.26. The van der Waals surface area contributed by atoms with E-state index in [1.165, 1.54) is 18.2 Å². The van der Waals surface area contributed by atoms with Crippen LogP contribution in [0, 0.1) is 25.7 Å². The zero-order valence-electron chi connectivity index (χ0n) is 14.3. The molecule has 8 heteroatoms. The molecule has 0 saturated carbocycles. The zero-order chi connectivity index (χ0) is 19.6. The topological polar surface area (TPSA) is 39.9 Å². The normalized spacial score (nSPS) is 11.0. The summed E-state index contributed by atoms with van der Waals surface area (Å²) in [7, 11) is 0. The molecule has 0 spiro atoms. The average Bonchev–Trinajstić information content (AvgIpc) is 2.85. The van der Waals surface area contributed by atoms with E-state index < -0.39 is 6.36 Å². The molecule has 0 aliphatic rings. The first-order valence-electron chi connectivity index (χ1n) is 7.78. The molecule has 0 aliphatic carbocycles. The summed E-state index contributed by atoms with van der Waals surface area (Å²) in [5.41, 5.74) is 2.40. The van der Waals surface area contributed by atoms with Crippen LogP contribution in [0.4, 0.5) is 13.2 Å². The molecule has 3 rings (SSSR count). The van der Waals surface area contributed by atoms with Gasteiger partial charge in [-0.1, -0.05) is 23.6 Å². The van der Waals surface area contributed by atoms with E-state index in [2.05, 4.69) is 26.5 Å². The fraction of sp³-hybridized carbons (Fsp3) is 0.158. The van der Waals surface area contributed by atoms with Gasteiger partial charge < -0.3 is 4.74 Å². The lowest BCUT2D eigenvalue weighted by molar-refractivity contribution is -0.274. The van der Waals surface area contributed by atoms with Crippen LogP contribution >= 0.6 is 11.6 Å². The van der Waals surface area contributed by atoms with Crippen molar-refractivity contribution in [2.75, 3.05) is 0 Å². The van der Waals surface area contributed by atoms with Gasteiger partial charge in [0.1, 0.15) is 22.4 Å². The SMILES string of the molecule is Cc1nc(C#Cc2ccnc(Cl)c2)c(C)n1-c1cccc(OC(F)(F)F)c1. The summed E-state index contributed by atoms with van der Waals surface area (Å²) in [6.45, 7) is 3.54. The van der Waals surface area contributed by atoms with Crippen molar-refractivity contribution in [2.45, 2.75) is 20.2 Å². The Hall–Kier alpha value is -2.98. The first-order valence-corrected chi connectivity index (χ1v) is 8.16. The maximum atomic E-state index is 12.5. The first kappa shape index (κ1) is 18.8. The van der Waals surface area contributed by atoms with E-state index in [4.69, 9.17) is 11.6 Å². The van der Waals surface area contributed by atoms with Crippen LogP contribution in [0.3, 0.4) is 0 Å². The van der Waals surface area contributed by atoms with Gasteiger partial charge in [-0.3, -0.25) is 4.57 Å². The predicted molar refractivity (Wildman–Crippen MR) is 94.9 cm³/mol. The van der Waals surface area contributed by atoms with Gasteiger partial charge in [-0.15, -0.1) is 13.2 Å². The van der Waals surface area contributed by atoms with Crippen LogP contribution in [0.25, 0.3) is 5.69 Å². The number of alkyl halides is 3. The minimum absolute atomic E-state index is 0.299. The number of benzene rings is 1. The summed E-state index contributed by atoms with van der Waals surface area (Å²) in [5, 5.41) is 0.335. The molecule has 4 nitrogen and oxygen atoms in total. The molecule has 0 atom stereocenters. The Balaban J connectivity index is 1.97. The predicted octanol–water partition coefficient (Wildman–Crippen LogP) is 4.84. The second-order valence-electron chi connectivity index (χ2n) is 5.59. The number of rotatable bonds is 2. The molecule has 2 heterocycles. The Morgan fingerprint density at radius 3 is 2.59 bits per heavy atom. The van der Waals surface area contributed by atoms with E-state index in [0.29, 0.717) is 33.6 Å². The molecule has 0 fully saturated rings. The highest BCUT2D eigenvalue weighted by atomic mass is 35.5. The summed E-state index contributed by atoms with van der Waals surface area (Å²) in [6.07, 6.45) is -3.20. The van der Waals surface area contributed by atoms with Crippen molar-refractivity contribution in [3.8, 4) is 23.3 Å². The van der Waals surface area contributed by atoms with Gasteiger partial charge in [-0.05, 0) is 44.0 Å². The average molecular weight is 392 g/mol. The van der Waals surface area contributed by atoms with Gasteiger partial charge in [0.2, 0.25) is 0 Å². The second kappa shape index (κ2) is 7.33. The number of aryl methyl sites for hydroxylation is 1. The van der Waals surface area contributed by atoms with E-state index in [0.717, 1.165) is 0 Å². The van der Waals surface area contributed by atoms with Gasteiger partial charge in [-0.25, -0.2) is 9.97 Å². The minimum atomic E-state index is -4.75. The fourth-order valence-electron chi connectivity index (χ4n) is 2.57. The van der Waals surface area contributed by atoms with Crippen LogP contribution in [-0.2, 0) is 0 Å². The number of pyridine rings is 1. The molecule has 0 bridgehead atoms. The summed E-state index contributed by atoms with van der Waals surface area (Å²) in [6, 6.07) is 9.05. The van der Waals surface area contributed by atoms with E-state index >= 15 is 0 Å². The van der Waals surface area contributed by atoms with Gasteiger partial charge in [0, 0.05) is 17.8 Å². The number of aromatic nitrogens is 3. The maximum Gasteiger partial charge on any atom is 0.573 e. The van der Waals surface area contributed by atoms with E-state index in [1.807, 2.05) is 0 Å². The van der Waals surface area contributed by atoms with Gasteiger partial charge in [-0.2, -0.15) is 0 Å². The molecule has 0 radical (unpaired) electrons. The van der Waals surface area contributed by atoms with Crippen LogP contribution in [0.15, 0.2) is 42.6 Å². The lowest BCUT2D eigenvalue weighted by Crippen LogP contribution is -2.17. The molecule has 0 saturated heterocycles. The highest BCUT2D eigenvalue weighted by molar-refractivity contribution is 6.29.